The largest absolute Gasteiger partial charge is 0.481 e. The first-order valence-corrected chi connectivity index (χ1v) is 5.34. The van der Waals surface area contributed by atoms with Crippen LogP contribution in [0.2, 0.25) is 0 Å². The summed E-state index contributed by atoms with van der Waals surface area (Å²) in [6.07, 6.45) is 0. The van der Waals surface area contributed by atoms with Crippen molar-refractivity contribution < 1.29 is 19.4 Å². The number of hydrogen-bond acceptors (Lipinski definition) is 3. The molecule has 0 fully saturated rings. The van der Waals surface area contributed by atoms with Gasteiger partial charge in [-0.1, -0.05) is 0 Å². The molecule has 0 bridgehead atoms. The molecule has 0 heterocycles. The van der Waals surface area contributed by atoms with E-state index < -0.39 is 17.9 Å². The van der Waals surface area contributed by atoms with E-state index in [4.69, 9.17) is 9.84 Å². The number of carbonyl (C=O) groups is 2. The lowest BCUT2D eigenvalue weighted by Gasteiger charge is -2.18. The maximum absolute atomic E-state index is 11.3. The Balaban J connectivity index is 3.74. The first-order chi connectivity index (χ1) is 7.49. The average Bonchev–Trinajstić information content (AvgIpc) is 2.23. The van der Waals surface area contributed by atoms with E-state index in [2.05, 4.69) is 10.6 Å². The van der Waals surface area contributed by atoms with Crippen LogP contribution in [0.1, 0.15) is 20.8 Å². The van der Waals surface area contributed by atoms with E-state index >= 15 is 0 Å². The van der Waals surface area contributed by atoms with Crippen LogP contribution in [0.3, 0.4) is 0 Å². The van der Waals surface area contributed by atoms with Crippen LogP contribution in [-0.4, -0.2) is 42.9 Å². The number of hydrogen-bond donors (Lipinski definition) is 3. The summed E-state index contributed by atoms with van der Waals surface area (Å²) in [6.45, 7) is 6.54. The fraction of sp³-hybridized carbons (Fsp3) is 0.800. The lowest BCUT2D eigenvalue weighted by atomic mass is 10.0. The Kier molecular flexibility index (Phi) is 7.28. The van der Waals surface area contributed by atoms with Crippen LogP contribution in [0.25, 0.3) is 0 Å². The molecule has 0 aliphatic heterocycles. The number of carbonyl (C=O) groups excluding carboxylic acids is 1. The molecule has 0 aromatic carbocycles. The number of carboxylic acids is 1. The van der Waals surface area contributed by atoms with Crippen molar-refractivity contribution in [3.05, 3.63) is 0 Å². The van der Waals surface area contributed by atoms with Crippen molar-refractivity contribution in [2.24, 2.45) is 5.92 Å². The van der Waals surface area contributed by atoms with Gasteiger partial charge in [0.05, 0.1) is 12.5 Å². The molecule has 6 heteroatoms. The molecule has 0 rings (SSSR count). The van der Waals surface area contributed by atoms with Gasteiger partial charge >= 0.3 is 12.0 Å². The Hall–Kier alpha value is -1.30. The summed E-state index contributed by atoms with van der Waals surface area (Å²) in [5, 5.41) is 13.8. The maximum Gasteiger partial charge on any atom is 0.315 e. The Morgan fingerprint density at radius 3 is 2.50 bits per heavy atom. The highest BCUT2D eigenvalue weighted by molar-refractivity contribution is 5.76. The summed E-state index contributed by atoms with van der Waals surface area (Å²) >= 11 is 0. The highest BCUT2D eigenvalue weighted by Gasteiger charge is 2.20. The van der Waals surface area contributed by atoms with E-state index in [1.807, 2.05) is 6.92 Å². The number of aliphatic carboxylic acids is 1. The van der Waals surface area contributed by atoms with Gasteiger partial charge in [-0.3, -0.25) is 4.79 Å². The van der Waals surface area contributed by atoms with E-state index in [1.165, 1.54) is 0 Å². The fourth-order valence-electron chi connectivity index (χ4n) is 0.978. The van der Waals surface area contributed by atoms with Gasteiger partial charge < -0.3 is 20.5 Å². The molecule has 0 saturated carbocycles. The molecule has 0 aliphatic rings. The molecule has 2 atom stereocenters. The lowest BCUT2D eigenvalue weighted by molar-refractivity contribution is -0.141. The molecule has 0 spiro atoms. The molecule has 94 valence electrons. The predicted octanol–water partition coefficient (Wildman–Crippen LogP) is 0.431. The predicted molar refractivity (Wildman–Crippen MR) is 59.3 cm³/mol. The van der Waals surface area contributed by atoms with Gasteiger partial charge in [-0.05, 0) is 20.8 Å². The molecule has 0 aromatic rings. The van der Waals surface area contributed by atoms with Gasteiger partial charge in [0.15, 0.2) is 0 Å². The molecule has 3 N–H and O–H groups in total. The van der Waals surface area contributed by atoms with Crippen molar-refractivity contribution in [2.75, 3.05) is 19.8 Å². The summed E-state index contributed by atoms with van der Waals surface area (Å²) < 4.78 is 5.04. The summed E-state index contributed by atoms with van der Waals surface area (Å²) in [6, 6.07) is -0.787. The van der Waals surface area contributed by atoms with Gasteiger partial charge in [-0.15, -0.1) is 0 Å². The second-order valence-corrected chi connectivity index (χ2v) is 3.51. The highest BCUT2D eigenvalue weighted by atomic mass is 16.5. The van der Waals surface area contributed by atoms with Gasteiger partial charge in [-0.2, -0.15) is 0 Å². The Labute approximate surface area is 95.4 Å². The van der Waals surface area contributed by atoms with E-state index in [-0.39, 0.29) is 6.03 Å². The zero-order valence-electron chi connectivity index (χ0n) is 9.95. The van der Waals surface area contributed by atoms with Crippen LogP contribution in [0.15, 0.2) is 0 Å². The van der Waals surface area contributed by atoms with Crippen LogP contribution in [0.4, 0.5) is 4.79 Å². The zero-order valence-corrected chi connectivity index (χ0v) is 9.95. The van der Waals surface area contributed by atoms with Gasteiger partial charge in [0.1, 0.15) is 0 Å². The minimum Gasteiger partial charge on any atom is -0.481 e. The SMILES string of the molecule is CCOCCNC(=O)NC(C)C(C)C(=O)O. The maximum atomic E-state index is 11.3. The molecule has 16 heavy (non-hydrogen) atoms. The minimum absolute atomic E-state index is 0.375. The lowest BCUT2D eigenvalue weighted by Crippen LogP contribution is -2.45. The quantitative estimate of drug-likeness (QED) is 0.555. The van der Waals surface area contributed by atoms with E-state index in [0.29, 0.717) is 19.8 Å². The second-order valence-electron chi connectivity index (χ2n) is 3.51. The van der Waals surface area contributed by atoms with Gasteiger partial charge in [0.2, 0.25) is 0 Å². The van der Waals surface area contributed by atoms with E-state index in [1.54, 1.807) is 13.8 Å². The van der Waals surface area contributed by atoms with Crippen LogP contribution in [0, 0.1) is 5.92 Å². The molecule has 2 unspecified atom stereocenters. The Morgan fingerprint density at radius 1 is 1.38 bits per heavy atom. The third-order valence-electron chi connectivity index (χ3n) is 2.23. The van der Waals surface area contributed by atoms with Crippen molar-refractivity contribution >= 4 is 12.0 Å². The van der Waals surface area contributed by atoms with E-state index in [0.717, 1.165) is 0 Å². The number of amides is 2. The number of nitrogens with one attached hydrogen (secondary N) is 2. The third kappa shape index (κ3) is 6.23. The van der Waals surface area contributed by atoms with Crippen LogP contribution >= 0.6 is 0 Å². The fourth-order valence-corrected chi connectivity index (χ4v) is 0.978. The number of ether oxygens (including phenoxy) is 1. The molecule has 0 saturated heterocycles. The highest BCUT2D eigenvalue weighted by Crippen LogP contribution is 2.01. The van der Waals surface area contributed by atoms with Crippen molar-refractivity contribution in [3.63, 3.8) is 0 Å². The summed E-state index contributed by atoms with van der Waals surface area (Å²) in [5.41, 5.74) is 0. The van der Waals surface area contributed by atoms with E-state index in [9.17, 15) is 9.59 Å². The van der Waals surface area contributed by atoms with Crippen molar-refractivity contribution in [2.45, 2.75) is 26.8 Å². The van der Waals surface area contributed by atoms with Crippen molar-refractivity contribution in [3.8, 4) is 0 Å². The Bertz CT molecular complexity index is 233. The van der Waals surface area contributed by atoms with Gasteiger partial charge in [0.25, 0.3) is 0 Å². The number of urea groups is 1. The number of carboxylic acid groups (broad SMARTS) is 1. The Morgan fingerprint density at radius 2 is 2.00 bits per heavy atom. The zero-order chi connectivity index (χ0) is 12.6. The smallest absolute Gasteiger partial charge is 0.315 e. The molecule has 2 amide bonds. The first kappa shape index (κ1) is 14.7. The summed E-state index contributed by atoms with van der Waals surface area (Å²) in [5.74, 6) is -1.54. The molecular weight excluding hydrogens is 212 g/mol. The summed E-state index contributed by atoms with van der Waals surface area (Å²) in [4.78, 5) is 21.9. The van der Waals surface area contributed by atoms with Crippen molar-refractivity contribution in [1.82, 2.24) is 10.6 Å². The first-order valence-electron chi connectivity index (χ1n) is 5.34. The topological polar surface area (TPSA) is 87.7 Å². The molecule has 6 nitrogen and oxygen atoms in total. The average molecular weight is 232 g/mol. The second kappa shape index (κ2) is 7.92. The minimum atomic E-state index is -0.929. The monoisotopic (exact) mass is 232 g/mol. The van der Waals surface area contributed by atoms with Gasteiger partial charge in [0, 0.05) is 19.2 Å². The third-order valence-corrected chi connectivity index (χ3v) is 2.23. The van der Waals surface area contributed by atoms with Crippen LogP contribution in [0.5, 0.6) is 0 Å². The van der Waals surface area contributed by atoms with Crippen LogP contribution < -0.4 is 10.6 Å². The van der Waals surface area contributed by atoms with Crippen molar-refractivity contribution in [1.29, 1.82) is 0 Å². The normalized spacial score (nSPS) is 13.9. The molecule has 0 radical (unpaired) electrons. The van der Waals surface area contributed by atoms with Crippen LogP contribution in [-0.2, 0) is 9.53 Å². The molecular formula is C10H20N2O4. The molecule has 0 aliphatic carbocycles. The number of rotatable bonds is 7. The standard InChI is InChI=1S/C10H20N2O4/c1-4-16-6-5-11-10(15)12-8(3)7(2)9(13)14/h7-8H,4-6H2,1-3H3,(H,13,14)(H2,11,12,15). The van der Waals surface area contributed by atoms with Gasteiger partial charge in [-0.25, -0.2) is 4.79 Å². The molecule has 0 aromatic heterocycles. The summed E-state index contributed by atoms with van der Waals surface area (Å²) in [7, 11) is 0.